The Labute approximate surface area is 67.9 Å². The second-order valence-corrected chi connectivity index (χ2v) is 3.36. The third-order valence-electron chi connectivity index (χ3n) is 1.92. The molecule has 1 rings (SSSR count). The Morgan fingerprint density at radius 1 is 1.55 bits per heavy atom. The lowest BCUT2D eigenvalue weighted by Crippen LogP contribution is -2.09. The molecular formula is C9H15NO. The fourth-order valence-corrected chi connectivity index (χ4v) is 1.06. The van der Waals surface area contributed by atoms with Crippen LogP contribution in [0.3, 0.4) is 0 Å². The molecule has 2 atom stereocenters. The highest BCUT2D eigenvalue weighted by Gasteiger charge is 2.36. The number of rotatable bonds is 3. The van der Waals surface area contributed by atoms with Gasteiger partial charge in [-0.2, -0.15) is 0 Å². The molecule has 0 spiro atoms. The molecule has 0 aromatic carbocycles. The highest BCUT2D eigenvalue weighted by atomic mass is 16.1. The van der Waals surface area contributed by atoms with Crippen molar-refractivity contribution in [1.29, 1.82) is 0 Å². The zero-order valence-corrected chi connectivity index (χ0v) is 7.42. The number of nitrogens with zero attached hydrogens (tertiary/aromatic N) is 1. The standard InChI is InChI=1S/C9H15NO/c1-7(2)4-5-10-6-9(10)8(3)11/h4,9H,5-6H2,1-3H3. The molecule has 0 aromatic rings. The number of Topliss-reactive ketones (excluding diaryl/α,β-unsaturated/α-hetero) is 1. The van der Waals surface area contributed by atoms with Gasteiger partial charge in [-0.25, -0.2) is 0 Å². The Bertz CT molecular complexity index is 192. The van der Waals surface area contributed by atoms with Crippen LogP contribution in [0.4, 0.5) is 0 Å². The molecule has 2 heteroatoms. The molecule has 0 radical (unpaired) electrons. The van der Waals surface area contributed by atoms with E-state index in [0.717, 1.165) is 13.1 Å². The van der Waals surface area contributed by atoms with Crippen molar-refractivity contribution in [2.75, 3.05) is 13.1 Å². The van der Waals surface area contributed by atoms with Gasteiger partial charge in [0.1, 0.15) is 5.78 Å². The van der Waals surface area contributed by atoms with E-state index in [9.17, 15) is 4.79 Å². The van der Waals surface area contributed by atoms with Gasteiger partial charge in [-0.05, 0) is 20.8 Å². The molecular weight excluding hydrogens is 138 g/mol. The van der Waals surface area contributed by atoms with Crippen molar-refractivity contribution in [2.45, 2.75) is 26.8 Å². The normalized spacial score (nSPS) is 27.9. The third kappa shape index (κ3) is 2.46. The summed E-state index contributed by atoms with van der Waals surface area (Å²) in [5, 5.41) is 0. The van der Waals surface area contributed by atoms with Crippen molar-refractivity contribution < 1.29 is 4.79 Å². The molecule has 0 aromatic heterocycles. The van der Waals surface area contributed by atoms with Crippen LogP contribution in [0.5, 0.6) is 0 Å². The molecule has 1 aliphatic heterocycles. The first-order valence-corrected chi connectivity index (χ1v) is 3.99. The first-order chi connectivity index (χ1) is 5.11. The van der Waals surface area contributed by atoms with Crippen molar-refractivity contribution >= 4 is 5.78 Å². The SMILES string of the molecule is CC(=O)C1CN1CC=C(C)C. The van der Waals surface area contributed by atoms with E-state index in [2.05, 4.69) is 24.8 Å². The molecule has 2 nitrogen and oxygen atoms in total. The Balaban J connectivity index is 2.24. The average Bonchev–Trinajstić information content (AvgIpc) is 2.61. The molecule has 0 aliphatic carbocycles. The predicted octanol–water partition coefficient (Wildman–Crippen LogP) is 1.23. The molecule has 1 fully saturated rings. The molecule has 0 saturated carbocycles. The number of hydrogen-bond donors (Lipinski definition) is 0. The Morgan fingerprint density at radius 2 is 2.18 bits per heavy atom. The van der Waals surface area contributed by atoms with Crippen LogP contribution in [0, 0.1) is 0 Å². The smallest absolute Gasteiger partial charge is 0.148 e. The molecule has 2 unspecified atom stereocenters. The molecule has 1 saturated heterocycles. The highest BCUT2D eigenvalue weighted by Crippen LogP contribution is 2.17. The maximum Gasteiger partial charge on any atom is 0.148 e. The van der Waals surface area contributed by atoms with Gasteiger partial charge in [0.15, 0.2) is 0 Å². The fourth-order valence-electron chi connectivity index (χ4n) is 1.06. The molecule has 0 amide bonds. The van der Waals surface area contributed by atoms with E-state index < -0.39 is 0 Å². The van der Waals surface area contributed by atoms with Crippen LogP contribution in [-0.2, 0) is 4.79 Å². The molecule has 11 heavy (non-hydrogen) atoms. The number of ketones is 1. The number of allylic oxidation sites excluding steroid dienone is 1. The lowest BCUT2D eigenvalue weighted by Gasteiger charge is -1.95. The maximum atomic E-state index is 10.8. The van der Waals surface area contributed by atoms with Crippen LogP contribution in [-0.4, -0.2) is 29.8 Å². The van der Waals surface area contributed by atoms with E-state index in [-0.39, 0.29) is 6.04 Å². The van der Waals surface area contributed by atoms with Crippen molar-refractivity contribution in [1.82, 2.24) is 4.90 Å². The van der Waals surface area contributed by atoms with Crippen LogP contribution >= 0.6 is 0 Å². The van der Waals surface area contributed by atoms with Crippen LogP contribution in [0.25, 0.3) is 0 Å². The van der Waals surface area contributed by atoms with E-state index in [4.69, 9.17) is 0 Å². The summed E-state index contributed by atoms with van der Waals surface area (Å²) in [6.45, 7) is 7.71. The monoisotopic (exact) mass is 153 g/mol. The van der Waals surface area contributed by atoms with Gasteiger partial charge >= 0.3 is 0 Å². The second kappa shape index (κ2) is 3.18. The molecule has 62 valence electrons. The highest BCUT2D eigenvalue weighted by molar-refractivity contribution is 5.84. The van der Waals surface area contributed by atoms with Crippen molar-refractivity contribution in [3.63, 3.8) is 0 Å². The Hall–Kier alpha value is -0.630. The van der Waals surface area contributed by atoms with Crippen LogP contribution in [0.1, 0.15) is 20.8 Å². The summed E-state index contributed by atoms with van der Waals surface area (Å²) in [5.41, 5.74) is 1.32. The summed E-state index contributed by atoms with van der Waals surface area (Å²) in [6.07, 6.45) is 2.16. The molecule has 1 heterocycles. The number of carbonyl (C=O) groups excluding carboxylic acids is 1. The number of hydrogen-bond acceptors (Lipinski definition) is 2. The zero-order chi connectivity index (χ0) is 8.43. The summed E-state index contributed by atoms with van der Waals surface area (Å²) < 4.78 is 0. The third-order valence-corrected chi connectivity index (χ3v) is 1.92. The van der Waals surface area contributed by atoms with E-state index in [1.807, 2.05) is 0 Å². The Kier molecular flexibility index (Phi) is 2.45. The average molecular weight is 153 g/mol. The topological polar surface area (TPSA) is 20.1 Å². The van der Waals surface area contributed by atoms with Crippen molar-refractivity contribution in [3.8, 4) is 0 Å². The van der Waals surface area contributed by atoms with E-state index >= 15 is 0 Å². The first kappa shape index (κ1) is 8.47. The van der Waals surface area contributed by atoms with Crippen LogP contribution < -0.4 is 0 Å². The molecule has 0 bridgehead atoms. The molecule has 1 aliphatic rings. The van der Waals surface area contributed by atoms with Crippen LogP contribution in [0.2, 0.25) is 0 Å². The van der Waals surface area contributed by atoms with Crippen LogP contribution in [0.15, 0.2) is 11.6 Å². The fraction of sp³-hybridized carbons (Fsp3) is 0.667. The summed E-state index contributed by atoms with van der Waals surface area (Å²) in [7, 11) is 0. The first-order valence-electron chi connectivity index (χ1n) is 3.99. The summed E-state index contributed by atoms with van der Waals surface area (Å²) in [4.78, 5) is 13.0. The van der Waals surface area contributed by atoms with Gasteiger partial charge in [-0.3, -0.25) is 9.69 Å². The Morgan fingerprint density at radius 3 is 2.55 bits per heavy atom. The lowest BCUT2D eigenvalue weighted by molar-refractivity contribution is -0.117. The lowest BCUT2D eigenvalue weighted by atomic mass is 10.3. The van der Waals surface area contributed by atoms with Gasteiger partial charge in [0.25, 0.3) is 0 Å². The second-order valence-electron chi connectivity index (χ2n) is 3.36. The van der Waals surface area contributed by atoms with Gasteiger partial charge in [-0.1, -0.05) is 11.6 Å². The van der Waals surface area contributed by atoms with E-state index in [0.29, 0.717) is 5.78 Å². The quantitative estimate of drug-likeness (QED) is 0.449. The van der Waals surface area contributed by atoms with Gasteiger partial charge in [0.2, 0.25) is 0 Å². The minimum atomic E-state index is 0.227. The summed E-state index contributed by atoms with van der Waals surface area (Å²) in [5.74, 6) is 0.298. The van der Waals surface area contributed by atoms with Gasteiger partial charge in [0.05, 0.1) is 6.04 Å². The minimum Gasteiger partial charge on any atom is -0.298 e. The van der Waals surface area contributed by atoms with E-state index in [1.165, 1.54) is 5.57 Å². The number of carbonyl (C=O) groups is 1. The van der Waals surface area contributed by atoms with Gasteiger partial charge in [-0.15, -0.1) is 0 Å². The summed E-state index contributed by atoms with van der Waals surface area (Å²) in [6, 6.07) is 0.227. The summed E-state index contributed by atoms with van der Waals surface area (Å²) >= 11 is 0. The largest absolute Gasteiger partial charge is 0.298 e. The molecule has 0 N–H and O–H groups in total. The zero-order valence-electron chi connectivity index (χ0n) is 7.42. The maximum absolute atomic E-state index is 10.8. The van der Waals surface area contributed by atoms with Gasteiger partial charge < -0.3 is 0 Å². The van der Waals surface area contributed by atoms with Crippen molar-refractivity contribution in [3.05, 3.63) is 11.6 Å². The predicted molar refractivity (Wildman–Crippen MR) is 45.5 cm³/mol. The van der Waals surface area contributed by atoms with Gasteiger partial charge in [0, 0.05) is 13.1 Å². The van der Waals surface area contributed by atoms with E-state index in [1.54, 1.807) is 6.92 Å². The minimum absolute atomic E-state index is 0.227. The van der Waals surface area contributed by atoms with Crippen molar-refractivity contribution in [2.24, 2.45) is 0 Å².